The zero-order valence-electron chi connectivity index (χ0n) is 19.1. The van der Waals surface area contributed by atoms with Gasteiger partial charge in [-0.15, -0.1) is 0 Å². The second kappa shape index (κ2) is 9.40. The van der Waals surface area contributed by atoms with Gasteiger partial charge in [0.1, 0.15) is 16.5 Å². The highest BCUT2D eigenvalue weighted by atomic mass is 32.2. The van der Waals surface area contributed by atoms with Gasteiger partial charge in [0.25, 0.3) is 0 Å². The van der Waals surface area contributed by atoms with Crippen molar-refractivity contribution >= 4 is 27.3 Å². The molecule has 2 aromatic rings. The maximum atomic E-state index is 14.0. The Balaban J connectivity index is 1.96. The molecule has 186 valence electrons. The Bertz CT molecular complexity index is 1190. The van der Waals surface area contributed by atoms with Crippen molar-refractivity contribution in [3.05, 3.63) is 47.4 Å². The summed E-state index contributed by atoms with van der Waals surface area (Å²) in [5.41, 5.74) is -1.49. The predicted octanol–water partition coefficient (Wildman–Crippen LogP) is 3.78. The van der Waals surface area contributed by atoms with E-state index in [2.05, 4.69) is 9.72 Å². The van der Waals surface area contributed by atoms with Crippen LogP contribution in [-0.2, 0) is 20.8 Å². The highest BCUT2D eigenvalue weighted by molar-refractivity contribution is 7.90. The molecule has 1 saturated heterocycles. The fraction of sp³-hybridized carbons (Fsp3) is 0.455. The topological polar surface area (TPSA) is 79.8 Å². The molecule has 2 heterocycles. The first-order valence-corrected chi connectivity index (χ1v) is 12.3. The second-order valence-corrected chi connectivity index (χ2v) is 10.4. The van der Waals surface area contributed by atoms with E-state index in [0.29, 0.717) is 18.8 Å². The number of pyridine rings is 1. The Morgan fingerprint density at radius 1 is 1.18 bits per heavy atom. The molecule has 1 atom stereocenters. The monoisotopic (exact) mass is 503 g/mol. The number of rotatable bonds is 5. The number of methoxy groups -OCH3 is 1. The number of aromatic nitrogens is 1. The minimum Gasteiger partial charge on any atom is -0.465 e. The third-order valence-electron chi connectivity index (χ3n) is 5.72. The maximum absolute atomic E-state index is 14.0. The van der Waals surface area contributed by atoms with Crippen LogP contribution in [0.5, 0.6) is 0 Å². The number of carbonyl (C=O) groups excluding carboxylic acids is 1. The number of benzene rings is 1. The summed E-state index contributed by atoms with van der Waals surface area (Å²) in [5, 5.41) is 0. The SMILES string of the molecule is COC(=O)c1ccc(N2CCN(c3ccc(F)c(S(C)(=O)=O)c3)C[C@H]2C(C)C)nc1C(F)(F)F. The van der Waals surface area contributed by atoms with Gasteiger partial charge in [-0.25, -0.2) is 22.6 Å². The van der Waals surface area contributed by atoms with Gasteiger partial charge in [-0.3, -0.25) is 0 Å². The molecule has 0 amide bonds. The van der Waals surface area contributed by atoms with E-state index in [9.17, 15) is 30.8 Å². The van der Waals surface area contributed by atoms with Crippen LogP contribution in [0.25, 0.3) is 0 Å². The van der Waals surface area contributed by atoms with Gasteiger partial charge in [0.2, 0.25) is 0 Å². The number of hydrogen-bond donors (Lipinski definition) is 0. The standard InChI is InChI=1S/C22H25F4N3O4S/c1-13(2)17-12-28(14-5-7-16(23)18(11-14)34(4,31)32)9-10-29(17)19-8-6-15(21(30)33-3)20(27-19)22(24,25)26/h5-8,11,13,17H,9-10,12H2,1-4H3/t17-/m0/s1. The van der Waals surface area contributed by atoms with E-state index in [-0.39, 0.29) is 24.3 Å². The van der Waals surface area contributed by atoms with Gasteiger partial charge in [-0.05, 0) is 36.2 Å². The smallest absolute Gasteiger partial charge is 0.434 e. The van der Waals surface area contributed by atoms with Crippen LogP contribution in [0.4, 0.5) is 29.1 Å². The Morgan fingerprint density at radius 2 is 1.85 bits per heavy atom. The number of piperazine rings is 1. The average Bonchev–Trinajstić information content (AvgIpc) is 2.76. The third-order valence-corrected chi connectivity index (χ3v) is 6.83. The average molecular weight is 504 g/mol. The Kier molecular flexibility index (Phi) is 7.11. The summed E-state index contributed by atoms with van der Waals surface area (Å²) in [7, 11) is -2.78. The molecule has 0 spiro atoms. The second-order valence-electron chi connectivity index (χ2n) is 8.39. The number of esters is 1. The lowest BCUT2D eigenvalue weighted by atomic mass is 9.98. The van der Waals surface area contributed by atoms with Crippen molar-refractivity contribution < 1.29 is 35.5 Å². The fourth-order valence-corrected chi connectivity index (χ4v) is 4.73. The number of alkyl halides is 3. The molecule has 0 saturated carbocycles. The van der Waals surface area contributed by atoms with Crippen LogP contribution in [0.2, 0.25) is 0 Å². The molecule has 0 radical (unpaired) electrons. The van der Waals surface area contributed by atoms with Crippen LogP contribution in [0.15, 0.2) is 35.2 Å². The number of halogens is 4. The molecule has 7 nitrogen and oxygen atoms in total. The van der Waals surface area contributed by atoms with Gasteiger partial charge in [0.15, 0.2) is 15.5 Å². The molecular formula is C22H25F4N3O4S. The lowest BCUT2D eigenvalue weighted by molar-refractivity contribution is -0.141. The summed E-state index contributed by atoms with van der Waals surface area (Å²) >= 11 is 0. The van der Waals surface area contributed by atoms with Gasteiger partial charge in [0.05, 0.1) is 18.7 Å². The van der Waals surface area contributed by atoms with Crippen molar-refractivity contribution in [3.8, 4) is 0 Å². The van der Waals surface area contributed by atoms with Crippen LogP contribution in [0, 0.1) is 11.7 Å². The van der Waals surface area contributed by atoms with E-state index in [1.54, 1.807) is 4.90 Å². The summed E-state index contributed by atoms with van der Waals surface area (Å²) in [5.74, 6) is -1.93. The molecule has 1 fully saturated rings. The molecule has 0 bridgehead atoms. The van der Waals surface area contributed by atoms with Gasteiger partial charge in [-0.1, -0.05) is 13.8 Å². The van der Waals surface area contributed by atoms with Crippen LogP contribution in [-0.4, -0.2) is 58.4 Å². The molecule has 0 N–H and O–H groups in total. The number of nitrogens with zero attached hydrogens (tertiary/aromatic N) is 3. The minimum atomic E-state index is -4.86. The van der Waals surface area contributed by atoms with E-state index in [4.69, 9.17) is 0 Å². The van der Waals surface area contributed by atoms with E-state index in [1.165, 1.54) is 18.2 Å². The first-order valence-electron chi connectivity index (χ1n) is 10.4. The van der Waals surface area contributed by atoms with Crippen molar-refractivity contribution in [1.82, 2.24) is 4.98 Å². The van der Waals surface area contributed by atoms with E-state index in [1.807, 2.05) is 18.7 Å². The predicted molar refractivity (Wildman–Crippen MR) is 118 cm³/mol. The maximum Gasteiger partial charge on any atom is 0.434 e. The van der Waals surface area contributed by atoms with Gasteiger partial charge < -0.3 is 14.5 Å². The molecule has 3 rings (SSSR count). The van der Waals surface area contributed by atoms with E-state index >= 15 is 0 Å². The van der Waals surface area contributed by atoms with Crippen molar-refractivity contribution in [2.75, 3.05) is 42.8 Å². The molecule has 0 aliphatic carbocycles. The fourth-order valence-electron chi connectivity index (χ4n) is 3.97. The van der Waals surface area contributed by atoms with Crippen LogP contribution in [0.3, 0.4) is 0 Å². The largest absolute Gasteiger partial charge is 0.465 e. The zero-order chi connectivity index (χ0) is 25.4. The minimum absolute atomic E-state index is 0.0194. The molecule has 1 aliphatic rings. The number of hydrogen-bond acceptors (Lipinski definition) is 7. The Morgan fingerprint density at radius 3 is 2.41 bits per heavy atom. The molecule has 1 aromatic heterocycles. The number of sulfone groups is 1. The third kappa shape index (κ3) is 5.26. The summed E-state index contributed by atoms with van der Waals surface area (Å²) < 4.78 is 83.2. The quantitative estimate of drug-likeness (QED) is 0.454. The number of carbonyl (C=O) groups is 1. The first kappa shape index (κ1) is 25.7. The van der Waals surface area contributed by atoms with Crippen LogP contribution >= 0.6 is 0 Å². The summed E-state index contributed by atoms with van der Waals surface area (Å²) in [6.07, 6.45) is -3.93. The molecule has 34 heavy (non-hydrogen) atoms. The lowest BCUT2D eigenvalue weighted by Gasteiger charge is -2.45. The summed E-state index contributed by atoms with van der Waals surface area (Å²) in [6, 6.07) is 5.94. The first-order chi connectivity index (χ1) is 15.7. The highest BCUT2D eigenvalue weighted by Gasteiger charge is 2.39. The molecule has 0 unspecified atom stereocenters. The van der Waals surface area contributed by atoms with Crippen molar-refractivity contribution in [2.24, 2.45) is 5.92 Å². The number of ether oxygens (including phenoxy) is 1. The van der Waals surface area contributed by atoms with Gasteiger partial charge >= 0.3 is 12.1 Å². The molecule has 12 heteroatoms. The van der Waals surface area contributed by atoms with Gasteiger partial charge in [-0.2, -0.15) is 13.2 Å². The van der Waals surface area contributed by atoms with E-state index < -0.39 is 44.0 Å². The molecule has 1 aliphatic heterocycles. The van der Waals surface area contributed by atoms with Crippen LogP contribution < -0.4 is 9.80 Å². The van der Waals surface area contributed by atoms with Crippen molar-refractivity contribution in [1.29, 1.82) is 0 Å². The summed E-state index contributed by atoms with van der Waals surface area (Å²) in [4.78, 5) is 18.8. The normalized spacial score (nSPS) is 17.3. The Labute approximate surface area is 195 Å². The van der Waals surface area contributed by atoms with Crippen LogP contribution in [0.1, 0.15) is 29.9 Å². The molecule has 1 aromatic carbocycles. The lowest BCUT2D eigenvalue weighted by Crippen LogP contribution is -2.56. The highest BCUT2D eigenvalue weighted by Crippen LogP contribution is 2.34. The zero-order valence-corrected chi connectivity index (χ0v) is 19.9. The molecular weight excluding hydrogens is 478 g/mol. The van der Waals surface area contributed by atoms with Crippen molar-refractivity contribution in [3.63, 3.8) is 0 Å². The van der Waals surface area contributed by atoms with Crippen molar-refractivity contribution in [2.45, 2.75) is 31.0 Å². The van der Waals surface area contributed by atoms with E-state index in [0.717, 1.165) is 25.5 Å². The number of anilines is 2. The Hall–Kier alpha value is -2.89. The van der Waals surface area contributed by atoms with Gasteiger partial charge in [0, 0.05) is 31.6 Å². The summed E-state index contributed by atoms with van der Waals surface area (Å²) in [6.45, 7) is 4.76.